The Morgan fingerprint density at radius 3 is 2.39 bits per heavy atom. The minimum absolute atomic E-state index is 0.0536. The highest BCUT2D eigenvalue weighted by atomic mass is 16.4. The van der Waals surface area contributed by atoms with Gasteiger partial charge in [-0.2, -0.15) is 5.26 Å². The van der Waals surface area contributed by atoms with Crippen LogP contribution in [0.1, 0.15) is 65.4 Å². The average molecular weight is 385 g/mol. The van der Waals surface area contributed by atoms with Gasteiger partial charge >= 0.3 is 5.97 Å². The van der Waals surface area contributed by atoms with Gasteiger partial charge in [-0.25, -0.2) is 0 Å². The molecule has 0 fully saturated rings. The van der Waals surface area contributed by atoms with Crippen molar-refractivity contribution in [3.63, 3.8) is 0 Å². The van der Waals surface area contributed by atoms with Crippen molar-refractivity contribution in [1.29, 1.82) is 5.26 Å². The lowest BCUT2D eigenvalue weighted by Crippen LogP contribution is -2.32. The molecule has 0 saturated heterocycles. The van der Waals surface area contributed by atoms with Gasteiger partial charge in [-0.1, -0.05) is 38.8 Å². The highest BCUT2D eigenvalue weighted by molar-refractivity contribution is 5.93. The molecular weight excluding hydrogens is 352 g/mol. The number of benzene rings is 1. The number of hydrogen-bond acceptors (Lipinski definition) is 3. The van der Waals surface area contributed by atoms with Crippen LogP contribution in [0, 0.1) is 29.1 Å². The highest BCUT2D eigenvalue weighted by Crippen LogP contribution is 2.31. The standard InChI is InChI=1S/C23H32N2O3/c1-5-16(3)8-7-9-17(4)20(6-2)21(23(27)28)14-22(26)25-19-12-10-18(15-24)11-13-19/h8,10-13,17,20-21H,5-7,9,14H2,1-4H3,(H,25,26)(H,27,28)/b16-8-. The second-order valence-electron chi connectivity index (χ2n) is 7.42. The van der Waals surface area contributed by atoms with Crippen LogP contribution in [-0.2, 0) is 9.59 Å². The third-order valence-electron chi connectivity index (χ3n) is 5.41. The zero-order valence-corrected chi connectivity index (χ0v) is 17.4. The van der Waals surface area contributed by atoms with Gasteiger partial charge in [-0.05, 0) is 62.3 Å². The Bertz CT molecular complexity index is 716. The van der Waals surface area contributed by atoms with Crippen LogP contribution in [-0.4, -0.2) is 17.0 Å². The van der Waals surface area contributed by atoms with Gasteiger partial charge in [0.15, 0.2) is 0 Å². The van der Waals surface area contributed by atoms with Crippen molar-refractivity contribution in [2.75, 3.05) is 5.32 Å². The molecule has 0 saturated carbocycles. The molecule has 0 aromatic heterocycles. The number of carbonyl (C=O) groups excluding carboxylic acids is 1. The molecule has 0 aliphatic rings. The molecule has 0 heterocycles. The summed E-state index contributed by atoms with van der Waals surface area (Å²) in [6.07, 6.45) is 5.76. The molecule has 0 bridgehead atoms. The van der Waals surface area contributed by atoms with E-state index in [4.69, 9.17) is 5.26 Å². The zero-order valence-electron chi connectivity index (χ0n) is 17.4. The zero-order chi connectivity index (χ0) is 21.1. The quantitative estimate of drug-likeness (QED) is 0.501. The molecular formula is C23H32N2O3. The van der Waals surface area contributed by atoms with Gasteiger partial charge in [0, 0.05) is 12.1 Å². The third-order valence-corrected chi connectivity index (χ3v) is 5.41. The smallest absolute Gasteiger partial charge is 0.307 e. The van der Waals surface area contributed by atoms with Crippen LogP contribution in [0.2, 0.25) is 0 Å². The summed E-state index contributed by atoms with van der Waals surface area (Å²) in [7, 11) is 0. The molecule has 3 unspecified atom stereocenters. The molecule has 1 rings (SSSR count). The molecule has 2 N–H and O–H groups in total. The van der Waals surface area contributed by atoms with Crippen LogP contribution in [0.4, 0.5) is 5.69 Å². The lowest BCUT2D eigenvalue weighted by molar-refractivity contribution is -0.146. The largest absolute Gasteiger partial charge is 0.481 e. The molecule has 28 heavy (non-hydrogen) atoms. The van der Waals surface area contributed by atoms with E-state index in [0.29, 0.717) is 11.3 Å². The average Bonchev–Trinajstić information content (AvgIpc) is 2.68. The fourth-order valence-corrected chi connectivity index (χ4v) is 3.50. The Hall–Kier alpha value is -2.61. The van der Waals surface area contributed by atoms with Crippen LogP contribution in [0.5, 0.6) is 0 Å². The van der Waals surface area contributed by atoms with Crippen LogP contribution < -0.4 is 5.32 Å². The van der Waals surface area contributed by atoms with Crippen molar-refractivity contribution in [2.45, 2.75) is 59.8 Å². The van der Waals surface area contributed by atoms with Gasteiger partial charge in [0.05, 0.1) is 17.6 Å². The first-order valence-electron chi connectivity index (χ1n) is 10.0. The van der Waals surface area contributed by atoms with Crippen LogP contribution >= 0.6 is 0 Å². The Balaban J connectivity index is 2.75. The van der Waals surface area contributed by atoms with Crippen molar-refractivity contribution >= 4 is 17.6 Å². The molecule has 1 amide bonds. The number of carbonyl (C=O) groups is 2. The fourth-order valence-electron chi connectivity index (χ4n) is 3.50. The number of carboxylic acids is 1. The molecule has 3 atom stereocenters. The first kappa shape index (κ1) is 23.4. The predicted octanol–water partition coefficient (Wildman–Crippen LogP) is 5.39. The fraction of sp³-hybridized carbons (Fsp3) is 0.522. The minimum Gasteiger partial charge on any atom is -0.481 e. The maximum absolute atomic E-state index is 12.4. The van der Waals surface area contributed by atoms with Gasteiger partial charge in [-0.3, -0.25) is 9.59 Å². The van der Waals surface area contributed by atoms with E-state index in [-0.39, 0.29) is 24.2 Å². The van der Waals surface area contributed by atoms with Crippen LogP contribution in [0.3, 0.4) is 0 Å². The van der Waals surface area contributed by atoms with E-state index in [2.05, 4.69) is 32.2 Å². The Morgan fingerprint density at radius 2 is 1.89 bits per heavy atom. The number of nitrogens with zero attached hydrogens (tertiary/aromatic N) is 1. The SMILES string of the molecule is CC/C(C)=C\CCC(C)C(CC)C(CC(=O)Nc1ccc(C#N)cc1)C(=O)O. The van der Waals surface area contributed by atoms with Crippen molar-refractivity contribution in [1.82, 2.24) is 0 Å². The number of nitrogens with one attached hydrogen (secondary N) is 1. The summed E-state index contributed by atoms with van der Waals surface area (Å²) in [6, 6.07) is 8.55. The summed E-state index contributed by atoms with van der Waals surface area (Å²) in [5, 5.41) is 21.3. The van der Waals surface area contributed by atoms with Crippen LogP contribution in [0.15, 0.2) is 35.9 Å². The van der Waals surface area contributed by atoms with Crippen LogP contribution in [0.25, 0.3) is 0 Å². The number of carboxylic acid groups (broad SMARTS) is 1. The van der Waals surface area contributed by atoms with E-state index < -0.39 is 11.9 Å². The molecule has 0 aliphatic carbocycles. The lowest BCUT2D eigenvalue weighted by atomic mass is 9.77. The summed E-state index contributed by atoms with van der Waals surface area (Å²) in [5.41, 5.74) is 2.42. The molecule has 0 aliphatic heterocycles. The van der Waals surface area contributed by atoms with Crippen molar-refractivity contribution in [3.05, 3.63) is 41.5 Å². The lowest BCUT2D eigenvalue weighted by Gasteiger charge is -2.28. The van der Waals surface area contributed by atoms with E-state index in [1.165, 1.54) is 5.57 Å². The first-order valence-corrected chi connectivity index (χ1v) is 10.0. The number of aliphatic carboxylic acids is 1. The molecule has 1 aromatic rings. The van der Waals surface area contributed by atoms with E-state index in [9.17, 15) is 14.7 Å². The number of rotatable bonds is 11. The molecule has 0 spiro atoms. The minimum atomic E-state index is -0.922. The molecule has 5 nitrogen and oxygen atoms in total. The molecule has 1 aromatic carbocycles. The molecule has 5 heteroatoms. The monoisotopic (exact) mass is 384 g/mol. The summed E-state index contributed by atoms with van der Waals surface area (Å²) in [5.74, 6) is -1.79. The van der Waals surface area contributed by atoms with E-state index in [0.717, 1.165) is 25.7 Å². The van der Waals surface area contributed by atoms with Gasteiger partial charge < -0.3 is 10.4 Å². The Morgan fingerprint density at radius 1 is 1.25 bits per heavy atom. The van der Waals surface area contributed by atoms with E-state index >= 15 is 0 Å². The van der Waals surface area contributed by atoms with E-state index in [1.54, 1.807) is 24.3 Å². The number of amides is 1. The number of allylic oxidation sites excluding steroid dienone is 2. The number of hydrogen-bond donors (Lipinski definition) is 2. The molecule has 0 radical (unpaired) electrons. The number of anilines is 1. The Labute approximate surface area is 168 Å². The van der Waals surface area contributed by atoms with Gasteiger partial charge in [0.25, 0.3) is 0 Å². The summed E-state index contributed by atoms with van der Waals surface area (Å²) >= 11 is 0. The Kier molecular flexibility index (Phi) is 10.0. The maximum atomic E-state index is 12.4. The second kappa shape index (κ2) is 12.0. The first-order chi connectivity index (χ1) is 13.3. The summed E-state index contributed by atoms with van der Waals surface area (Å²) < 4.78 is 0. The number of nitriles is 1. The maximum Gasteiger partial charge on any atom is 0.307 e. The third kappa shape index (κ3) is 7.56. The van der Waals surface area contributed by atoms with E-state index in [1.807, 2.05) is 13.0 Å². The van der Waals surface area contributed by atoms with Crippen molar-refractivity contribution in [2.24, 2.45) is 17.8 Å². The summed E-state index contributed by atoms with van der Waals surface area (Å²) in [6.45, 7) is 8.30. The normalized spacial score (nSPS) is 14.6. The highest BCUT2D eigenvalue weighted by Gasteiger charge is 2.32. The van der Waals surface area contributed by atoms with Gasteiger partial charge in [0.2, 0.25) is 5.91 Å². The van der Waals surface area contributed by atoms with Gasteiger partial charge in [0.1, 0.15) is 0 Å². The van der Waals surface area contributed by atoms with Crippen molar-refractivity contribution in [3.8, 4) is 6.07 Å². The summed E-state index contributed by atoms with van der Waals surface area (Å²) in [4.78, 5) is 24.3. The van der Waals surface area contributed by atoms with Crippen molar-refractivity contribution < 1.29 is 14.7 Å². The predicted molar refractivity (Wildman–Crippen MR) is 112 cm³/mol. The van der Waals surface area contributed by atoms with Gasteiger partial charge in [-0.15, -0.1) is 0 Å². The second-order valence-corrected chi connectivity index (χ2v) is 7.42. The topological polar surface area (TPSA) is 90.2 Å². The molecule has 152 valence electrons.